The molecule has 0 radical (unpaired) electrons. The van der Waals surface area contributed by atoms with Gasteiger partial charge in [0.05, 0.1) is 12.3 Å². The third kappa shape index (κ3) is 2.95. The molecule has 0 amide bonds. The summed E-state index contributed by atoms with van der Waals surface area (Å²) in [7, 11) is 0. The summed E-state index contributed by atoms with van der Waals surface area (Å²) in [6, 6.07) is 9.18. The molecule has 0 spiro atoms. The van der Waals surface area contributed by atoms with Crippen molar-refractivity contribution in [2.24, 2.45) is 0 Å². The van der Waals surface area contributed by atoms with Crippen molar-refractivity contribution >= 4 is 5.97 Å². The molecule has 0 unspecified atom stereocenters. The first-order valence-corrected chi connectivity index (χ1v) is 5.73. The molecule has 0 saturated carbocycles. The molecule has 5 heteroatoms. The SMILES string of the molecule is [NH3+][C@@H](Cc1cncn1Cc1ccccc1)C(=O)[O-]. The van der Waals surface area contributed by atoms with Crippen molar-refractivity contribution in [2.45, 2.75) is 19.0 Å². The third-order valence-electron chi connectivity index (χ3n) is 2.78. The Bertz CT molecular complexity index is 522. The van der Waals surface area contributed by atoms with Crippen molar-refractivity contribution in [3.8, 4) is 0 Å². The van der Waals surface area contributed by atoms with Crippen LogP contribution in [-0.2, 0) is 17.8 Å². The van der Waals surface area contributed by atoms with Crippen molar-refractivity contribution in [2.75, 3.05) is 0 Å². The van der Waals surface area contributed by atoms with Gasteiger partial charge >= 0.3 is 0 Å². The third-order valence-corrected chi connectivity index (χ3v) is 2.78. The number of quaternary nitrogens is 1. The zero-order valence-corrected chi connectivity index (χ0v) is 9.95. The quantitative estimate of drug-likeness (QED) is 0.720. The number of nitrogens with zero attached hydrogens (tertiary/aromatic N) is 2. The van der Waals surface area contributed by atoms with Gasteiger partial charge in [0.15, 0.2) is 0 Å². The molecule has 94 valence electrons. The van der Waals surface area contributed by atoms with Crippen molar-refractivity contribution < 1.29 is 15.6 Å². The Morgan fingerprint density at radius 2 is 2.11 bits per heavy atom. The number of hydrogen-bond acceptors (Lipinski definition) is 3. The Kier molecular flexibility index (Phi) is 3.74. The lowest BCUT2D eigenvalue weighted by Gasteiger charge is -2.12. The topological polar surface area (TPSA) is 85.6 Å². The van der Waals surface area contributed by atoms with Crippen LogP contribution in [0.15, 0.2) is 42.9 Å². The van der Waals surface area contributed by atoms with E-state index in [9.17, 15) is 9.90 Å². The maximum Gasteiger partial charge on any atom is 0.130 e. The molecule has 2 rings (SSSR count). The summed E-state index contributed by atoms with van der Waals surface area (Å²) < 4.78 is 1.93. The fourth-order valence-electron chi connectivity index (χ4n) is 1.78. The molecular weight excluding hydrogens is 230 g/mol. The van der Waals surface area contributed by atoms with Gasteiger partial charge in [-0.3, -0.25) is 0 Å². The predicted octanol–water partition coefficient (Wildman–Crippen LogP) is -1.17. The molecule has 1 aromatic heterocycles. The number of carbonyl (C=O) groups is 1. The highest BCUT2D eigenvalue weighted by atomic mass is 16.4. The second kappa shape index (κ2) is 5.46. The summed E-state index contributed by atoms with van der Waals surface area (Å²) in [5, 5.41) is 10.7. The second-order valence-electron chi connectivity index (χ2n) is 4.22. The van der Waals surface area contributed by atoms with Crippen molar-refractivity contribution in [1.29, 1.82) is 0 Å². The summed E-state index contributed by atoms with van der Waals surface area (Å²) in [4.78, 5) is 14.7. The Balaban J connectivity index is 2.11. The van der Waals surface area contributed by atoms with Crippen LogP contribution in [0.2, 0.25) is 0 Å². The number of hydrogen-bond donors (Lipinski definition) is 1. The van der Waals surface area contributed by atoms with Crippen LogP contribution in [0, 0.1) is 0 Å². The van der Waals surface area contributed by atoms with Crippen LogP contribution in [0.5, 0.6) is 0 Å². The average molecular weight is 245 g/mol. The van der Waals surface area contributed by atoms with Gasteiger partial charge in [-0.2, -0.15) is 0 Å². The Hall–Kier alpha value is -2.14. The van der Waals surface area contributed by atoms with Crippen LogP contribution in [0.1, 0.15) is 11.3 Å². The number of carboxylic acids is 1. The molecule has 5 nitrogen and oxygen atoms in total. The van der Waals surface area contributed by atoms with E-state index in [1.807, 2.05) is 34.9 Å². The minimum atomic E-state index is -1.14. The monoisotopic (exact) mass is 245 g/mol. The number of benzene rings is 1. The maximum absolute atomic E-state index is 10.7. The normalized spacial score (nSPS) is 12.3. The number of aliphatic carboxylic acids is 1. The first kappa shape index (κ1) is 12.3. The van der Waals surface area contributed by atoms with E-state index in [1.165, 1.54) is 0 Å². The zero-order valence-electron chi connectivity index (χ0n) is 9.95. The molecule has 0 aliphatic carbocycles. The van der Waals surface area contributed by atoms with E-state index in [2.05, 4.69) is 10.7 Å². The van der Waals surface area contributed by atoms with Gasteiger partial charge in [-0.25, -0.2) is 4.98 Å². The highest BCUT2D eigenvalue weighted by Gasteiger charge is 2.12. The second-order valence-corrected chi connectivity index (χ2v) is 4.22. The fourth-order valence-corrected chi connectivity index (χ4v) is 1.78. The van der Waals surface area contributed by atoms with Crippen LogP contribution < -0.4 is 10.8 Å². The fraction of sp³-hybridized carbons (Fsp3) is 0.231. The average Bonchev–Trinajstić information content (AvgIpc) is 2.78. The molecule has 0 fully saturated rings. The molecule has 1 atom stereocenters. The smallest absolute Gasteiger partial charge is 0.130 e. The summed E-state index contributed by atoms with van der Waals surface area (Å²) >= 11 is 0. The lowest BCUT2D eigenvalue weighted by atomic mass is 10.1. The van der Waals surface area contributed by atoms with Crippen molar-refractivity contribution in [3.05, 3.63) is 54.1 Å². The Morgan fingerprint density at radius 1 is 1.39 bits per heavy atom. The first-order valence-electron chi connectivity index (χ1n) is 5.73. The van der Waals surface area contributed by atoms with E-state index in [0.29, 0.717) is 13.0 Å². The molecule has 1 aromatic carbocycles. The molecule has 0 saturated heterocycles. The Morgan fingerprint density at radius 3 is 2.78 bits per heavy atom. The molecule has 0 bridgehead atoms. The Labute approximate surface area is 105 Å². The zero-order chi connectivity index (χ0) is 13.0. The van der Waals surface area contributed by atoms with Crippen LogP contribution in [0.25, 0.3) is 0 Å². The van der Waals surface area contributed by atoms with E-state index in [-0.39, 0.29) is 0 Å². The van der Waals surface area contributed by atoms with Crippen molar-refractivity contribution in [1.82, 2.24) is 9.55 Å². The van der Waals surface area contributed by atoms with Gasteiger partial charge in [-0.1, -0.05) is 30.3 Å². The van der Waals surface area contributed by atoms with Gasteiger partial charge in [-0.05, 0) is 5.56 Å². The van der Waals surface area contributed by atoms with Crippen LogP contribution in [0.3, 0.4) is 0 Å². The molecule has 0 aliphatic rings. The minimum absolute atomic E-state index is 0.329. The van der Waals surface area contributed by atoms with E-state index < -0.39 is 12.0 Å². The molecule has 1 heterocycles. The standard InChI is InChI=1S/C13H15N3O2/c14-12(13(17)18)6-11-7-15-9-16(11)8-10-4-2-1-3-5-10/h1-5,7,9,12H,6,8,14H2,(H,17,18)/t12-/m0/s1. The van der Waals surface area contributed by atoms with E-state index in [0.717, 1.165) is 11.3 Å². The number of imidazole rings is 1. The van der Waals surface area contributed by atoms with E-state index >= 15 is 0 Å². The van der Waals surface area contributed by atoms with Gasteiger partial charge in [0, 0.05) is 24.9 Å². The van der Waals surface area contributed by atoms with Gasteiger partial charge < -0.3 is 20.2 Å². The van der Waals surface area contributed by atoms with Crippen molar-refractivity contribution in [3.63, 3.8) is 0 Å². The van der Waals surface area contributed by atoms with Gasteiger partial charge in [0.2, 0.25) is 0 Å². The van der Waals surface area contributed by atoms with Gasteiger partial charge in [0.25, 0.3) is 0 Å². The van der Waals surface area contributed by atoms with Crippen LogP contribution >= 0.6 is 0 Å². The maximum atomic E-state index is 10.7. The van der Waals surface area contributed by atoms with Crippen LogP contribution in [-0.4, -0.2) is 21.6 Å². The highest BCUT2D eigenvalue weighted by Crippen LogP contribution is 2.07. The number of aromatic nitrogens is 2. The van der Waals surface area contributed by atoms with Crippen LogP contribution in [0.4, 0.5) is 0 Å². The highest BCUT2D eigenvalue weighted by molar-refractivity contribution is 5.69. The number of carbonyl (C=O) groups excluding carboxylic acids is 1. The summed E-state index contributed by atoms with van der Waals surface area (Å²) in [6.45, 7) is 0.677. The number of carboxylic acid groups (broad SMARTS) is 1. The minimum Gasteiger partial charge on any atom is -0.544 e. The van der Waals surface area contributed by atoms with Gasteiger partial charge in [-0.15, -0.1) is 0 Å². The predicted molar refractivity (Wildman–Crippen MR) is 63.2 cm³/mol. The number of rotatable bonds is 5. The molecule has 2 aromatic rings. The molecular formula is C13H15N3O2. The van der Waals surface area contributed by atoms with Gasteiger partial charge in [0.1, 0.15) is 6.04 Å². The summed E-state index contributed by atoms with van der Waals surface area (Å²) in [5.41, 5.74) is 5.55. The van der Waals surface area contributed by atoms with E-state index in [4.69, 9.17) is 0 Å². The largest absolute Gasteiger partial charge is 0.544 e. The molecule has 18 heavy (non-hydrogen) atoms. The first-order chi connectivity index (χ1) is 8.66. The van der Waals surface area contributed by atoms with E-state index in [1.54, 1.807) is 12.5 Å². The molecule has 3 N–H and O–H groups in total. The summed E-state index contributed by atoms with van der Waals surface area (Å²) in [5.74, 6) is -1.14. The lowest BCUT2D eigenvalue weighted by molar-refractivity contribution is -0.437. The molecule has 0 aliphatic heterocycles. The lowest BCUT2D eigenvalue weighted by Crippen LogP contribution is -2.69. The summed E-state index contributed by atoms with van der Waals surface area (Å²) in [6.07, 6.45) is 3.70.